The average molecular weight is 353 g/mol. The molecule has 1 aromatic heterocycles. The molecule has 1 aliphatic heterocycles. The van der Waals surface area contributed by atoms with Crippen molar-refractivity contribution in [3.05, 3.63) is 47.9 Å². The first-order valence-corrected chi connectivity index (χ1v) is 7.48. The van der Waals surface area contributed by atoms with Crippen LogP contribution in [0.3, 0.4) is 0 Å². The molecule has 1 fully saturated rings. The molecule has 9 heteroatoms. The van der Waals surface area contributed by atoms with Crippen molar-refractivity contribution in [2.24, 2.45) is 0 Å². The molecule has 2 aromatic rings. The molecule has 0 N–H and O–H groups in total. The lowest BCUT2D eigenvalue weighted by Gasteiger charge is -2.26. The van der Waals surface area contributed by atoms with Gasteiger partial charge in [-0.3, -0.25) is 9.78 Å². The zero-order valence-electron chi connectivity index (χ0n) is 13.0. The fourth-order valence-electron chi connectivity index (χ4n) is 2.29. The molecule has 1 aliphatic rings. The van der Waals surface area contributed by atoms with Crippen LogP contribution in [-0.2, 0) is 10.9 Å². The normalized spacial score (nSPS) is 15.1. The molecule has 0 atom stereocenters. The van der Waals surface area contributed by atoms with Crippen molar-refractivity contribution in [1.29, 1.82) is 0 Å². The van der Waals surface area contributed by atoms with Gasteiger partial charge in [-0.05, 0) is 18.2 Å². The van der Waals surface area contributed by atoms with E-state index in [1.165, 1.54) is 24.5 Å². The van der Waals surface area contributed by atoms with Gasteiger partial charge in [0.15, 0.2) is 5.69 Å². The number of aromatic nitrogens is 2. The molecular weight excluding hydrogens is 339 g/mol. The van der Waals surface area contributed by atoms with E-state index in [0.29, 0.717) is 26.3 Å². The topological polar surface area (TPSA) is 64.5 Å². The predicted octanol–water partition coefficient (Wildman–Crippen LogP) is 2.76. The van der Waals surface area contributed by atoms with Crippen molar-refractivity contribution in [2.75, 3.05) is 26.3 Å². The minimum atomic E-state index is -4.47. The first kappa shape index (κ1) is 17.2. The minimum Gasteiger partial charge on any atom is -0.437 e. The average Bonchev–Trinajstić information content (AvgIpc) is 2.61. The lowest BCUT2D eigenvalue weighted by molar-refractivity contribution is -0.137. The maximum atomic E-state index is 12.7. The van der Waals surface area contributed by atoms with E-state index < -0.39 is 11.7 Å². The summed E-state index contributed by atoms with van der Waals surface area (Å²) < 4.78 is 48.7. The van der Waals surface area contributed by atoms with Crippen LogP contribution in [0.4, 0.5) is 13.2 Å². The van der Waals surface area contributed by atoms with Gasteiger partial charge in [-0.1, -0.05) is 6.07 Å². The van der Waals surface area contributed by atoms with E-state index in [-0.39, 0.29) is 23.2 Å². The van der Waals surface area contributed by atoms with Crippen LogP contribution < -0.4 is 4.74 Å². The summed E-state index contributed by atoms with van der Waals surface area (Å²) in [7, 11) is 0. The minimum absolute atomic E-state index is 0.0416. The Labute approximate surface area is 141 Å². The van der Waals surface area contributed by atoms with E-state index in [1.807, 2.05) is 0 Å². The number of rotatable bonds is 3. The van der Waals surface area contributed by atoms with Gasteiger partial charge >= 0.3 is 6.18 Å². The number of amides is 1. The predicted molar refractivity (Wildman–Crippen MR) is 80.3 cm³/mol. The third-order valence-corrected chi connectivity index (χ3v) is 3.51. The van der Waals surface area contributed by atoms with Gasteiger partial charge in [-0.25, -0.2) is 4.98 Å². The zero-order valence-corrected chi connectivity index (χ0v) is 13.0. The molecule has 0 unspecified atom stereocenters. The van der Waals surface area contributed by atoms with E-state index >= 15 is 0 Å². The Morgan fingerprint density at radius 1 is 1.20 bits per heavy atom. The number of benzene rings is 1. The lowest BCUT2D eigenvalue weighted by Crippen LogP contribution is -2.41. The highest BCUT2D eigenvalue weighted by Crippen LogP contribution is 2.32. The van der Waals surface area contributed by atoms with Crippen LogP contribution >= 0.6 is 0 Å². The molecule has 0 saturated carbocycles. The number of hydrogen-bond donors (Lipinski definition) is 0. The van der Waals surface area contributed by atoms with Crippen LogP contribution in [0.2, 0.25) is 0 Å². The molecule has 0 radical (unpaired) electrons. The van der Waals surface area contributed by atoms with Gasteiger partial charge in [-0.15, -0.1) is 0 Å². The largest absolute Gasteiger partial charge is 0.437 e. The molecule has 1 aromatic carbocycles. The first-order chi connectivity index (χ1) is 11.9. The van der Waals surface area contributed by atoms with Gasteiger partial charge < -0.3 is 14.4 Å². The molecule has 2 heterocycles. The van der Waals surface area contributed by atoms with Crippen LogP contribution in [0.5, 0.6) is 11.6 Å². The Hall–Kier alpha value is -2.68. The van der Waals surface area contributed by atoms with E-state index in [1.54, 1.807) is 4.90 Å². The third kappa shape index (κ3) is 4.24. The molecule has 6 nitrogen and oxygen atoms in total. The van der Waals surface area contributed by atoms with Crippen molar-refractivity contribution < 1.29 is 27.4 Å². The maximum absolute atomic E-state index is 12.7. The highest BCUT2D eigenvalue weighted by molar-refractivity contribution is 5.92. The fourth-order valence-corrected chi connectivity index (χ4v) is 2.29. The van der Waals surface area contributed by atoms with Crippen molar-refractivity contribution in [3.63, 3.8) is 0 Å². The van der Waals surface area contributed by atoms with Gasteiger partial charge in [0.2, 0.25) is 5.88 Å². The highest BCUT2D eigenvalue weighted by Gasteiger charge is 2.30. The number of alkyl halides is 3. The van der Waals surface area contributed by atoms with E-state index in [2.05, 4.69) is 9.97 Å². The van der Waals surface area contributed by atoms with Crippen molar-refractivity contribution >= 4 is 5.91 Å². The summed E-state index contributed by atoms with van der Waals surface area (Å²) in [5, 5.41) is 0. The summed E-state index contributed by atoms with van der Waals surface area (Å²) >= 11 is 0. The standard InChI is InChI=1S/C16H14F3N3O3/c17-16(18,19)11-2-1-3-12(8-11)25-14-10-20-9-13(21-14)15(23)22-4-6-24-7-5-22/h1-3,8-10H,4-7H2. The maximum Gasteiger partial charge on any atom is 0.416 e. The monoisotopic (exact) mass is 353 g/mol. The first-order valence-electron chi connectivity index (χ1n) is 7.48. The summed E-state index contributed by atoms with van der Waals surface area (Å²) in [6.07, 6.45) is -1.95. The van der Waals surface area contributed by atoms with Crippen molar-refractivity contribution in [2.45, 2.75) is 6.18 Å². The van der Waals surface area contributed by atoms with Crippen molar-refractivity contribution in [3.8, 4) is 11.6 Å². The molecule has 0 bridgehead atoms. The summed E-state index contributed by atoms with van der Waals surface area (Å²) in [6.45, 7) is 1.78. The highest BCUT2D eigenvalue weighted by atomic mass is 19.4. The molecule has 25 heavy (non-hydrogen) atoms. The number of halogens is 3. The number of carbonyl (C=O) groups is 1. The lowest BCUT2D eigenvalue weighted by atomic mass is 10.2. The Morgan fingerprint density at radius 2 is 1.96 bits per heavy atom. The molecule has 0 spiro atoms. The molecule has 132 valence electrons. The fraction of sp³-hybridized carbons (Fsp3) is 0.312. The number of morpholine rings is 1. The number of ether oxygens (including phenoxy) is 2. The van der Waals surface area contributed by atoms with Crippen LogP contribution in [0, 0.1) is 0 Å². The second-order valence-corrected chi connectivity index (χ2v) is 5.27. The van der Waals surface area contributed by atoms with E-state index in [9.17, 15) is 18.0 Å². The SMILES string of the molecule is O=C(c1cncc(Oc2cccc(C(F)(F)F)c2)n1)N1CCOCC1. The number of hydrogen-bond acceptors (Lipinski definition) is 5. The van der Waals surface area contributed by atoms with Gasteiger partial charge in [0.25, 0.3) is 5.91 Å². The number of nitrogens with zero attached hydrogens (tertiary/aromatic N) is 3. The van der Waals surface area contributed by atoms with Gasteiger partial charge in [-0.2, -0.15) is 13.2 Å². The Balaban J connectivity index is 1.77. The van der Waals surface area contributed by atoms with Crippen LogP contribution in [0.25, 0.3) is 0 Å². The molecular formula is C16H14F3N3O3. The number of carbonyl (C=O) groups excluding carboxylic acids is 1. The molecule has 0 aliphatic carbocycles. The van der Waals surface area contributed by atoms with Crippen molar-refractivity contribution in [1.82, 2.24) is 14.9 Å². The Bertz CT molecular complexity index is 762. The van der Waals surface area contributed by atoms with Crippen LogP contribution in [0.15, 0.2) is 36.7 Å². The molecule has 1 amide bonds. The molecule has 3 rings (SSSR count). The second kappa shape index (κ2) is 7.06. The van der Waals surface area contributed by atoms with Crippen LogP contribution in [-0.4, -0.2) is 47.1 Å². The zero-order chi connectivity index (χ0) is 17.9. The Kier molecular flexibility index (Phi) is 4.84. The van der Waals surface area contributed by atoms with E-state index in [4.69, 9.17) is 9.47 Å². The summed E-state index contributed by atoms with van der Waals surface area (Å²) in [4.78, 5) is 21.8. The summed E-state index contributed by atoms with van der Waals surface area (Å²) in [5.74, 6) is -0.427. The van der Waals surface area contributed by atoms with Gasteiger partial charge in [0.1, 0.15) is 5.75 Å². The van der Waals surface area contributed by atoms with Gasteiger partial charge in [0.05, 0.1) is 31.2 Å². The van der Waals surface area contributed by atoms with Gasteiger partial charge in [0, 0.05) is 13.1 Å². The Morgan fingerprint density at radius 3 is 2.68 bits per heavy atom. The van der Waals surface area contributed by atoms with Crippen LogP contribution in [0.1, 0.15) is 16.1 Å². The smallest absolute Gasteiger partial charge is 0.416 e. The second-order valence-electron chi connectivity index (χ2n) is 5.27. The quantitative estimate of drug-likeness (QED) is 0.849. The third-order valence-electron chi connectivity index (χ3n) is 3.51. The summed E-state index contributed by atoms with van der Waals surface area (Å²) in [5.41, 5.74) is -0.773. The van der Waals surface area contributed by atoms with E-state index in [0.717, 1.165) is 12.1 Å². The summed E-state index contributed by atoms with van der Waals surface area (Å²) in [6, 6.07) is 4.40. The molecule has 1 saturated heterocycles.